The number of nitrogens with one attached hydrogen (secondary N) is 5. The molecule has 2 fully saturated rings. The lowest BCUT2D eigenvalue weighted by molar-refractivity contribution is -0.146. The Morgan fingerprint density at radius 3 is 2.24 bits per heavy atom. The zero-order valence-corrected chi connectivity index (χ0v) is 25.7. The number of hydrogen-bond donors (Lipinski definition) is 7. The van der Waals surface area contributed by atoms with Gasteiger partial charge in [-0.1, -0.05) is 60.7 Å². The normalized spacial score (nSPS) is 20.1. The highest BCUT2D eigenvalue weighted by Crippen LogP contribution is 2.33. The maximum Gasteiger partial charge on any atom is 0.305 e. The summed E-state index contributed by atoms with van der Waals surface area (Å²) in [6.07, 6.45) is 2.86. The van der Waals surface area contributed by atoms with Gasteiger partial charge in [0.25, 0.3) is 0 Å². The van der Waals surface area contributed by atoms with Gasteiger partial charge in [-0.05, 0) is 56.1 Å². The number of nitrogens with two attached hydrogens (primary N) is 1. The first-order chi connectivity index (χ1) is 22.1. The highest BCUT2D eigenvalue weighted by Gasteiger charge is 2.46. The van der Waals surface area contributed by atoms with Crippen LogP contribution in [-0.2, 0) is 36.8 Å². The van der Waals surface area contributed by atoms with Crippen LogP contribution in [0, 0.1) is 5.41 Å². The summed E-state index contributed by atoms with van der Waals surface area (Å²) in [4.78, 5) is 66.7. The summed E-state index contributed by atoms with van der Waals surface area (Å²) in [7, 11) is 0. The number of carbonyl (C=O) groups excluding carboxylic acids is 4. The Labute approximate surface area is 268 Å². The van der Waals surface area contributed by atoms with Gasteiger partial charge in [-0.3, -0.25) is 29.4 Å². The molecule has 0 saturated carbocycles. The smallest absolute Gasteiger partial charge is 0.305 e. The molecule has 0 bridgehead atoms. The Hall–Kier alpha value is -4.94. The van der Waals surface area contributed by atoms with Crippen LogP contribution >= 0.6 is 0 Å². The minimum Gasteiger partial charge on any atom is -0.481 e. The van der Waals surface area contributed by atoms with Crippen molar-refractivity contribution in [3.8, 4) is 0 Å². The van der Waals surface area contributed by atoms with Gasteiger partial charge in [0.15, 0.2) is 5.96 Å². The minimum atomic E-state index is -1.07. The Balaban J connectivity index is 1.42. The summed E-state index contributed by atoms with van der Waals surface area (Å²) in [5, 5.41) is 28.0. The van der Waals surface area contributed by atoms with E-state index < -0.39 is 42.0 Å². The van der Waals surface area contributed by atoms with Crippen LogP contribution in [0.25, 0.3) is 0 Å². The van der Waals surface area contributed by atoms with E-state index in [2.05, 4.69) is 21.3 Å². The third kappa shape index (κ3) is 9.78. The number of piperidine rings is 1. The number of fused-ring (bicyclic) bond motifs is 1. The number of carbonyl (C=O) groups is 5. The second-order valence-electron chi connectivity index (χ2n) is 11.9. The molecule has 2 heterocycles. The molecular weight excluding hydrogens is 590 g/mol. The van der Waals surface area contributed by atoms with Crippen LogP contribution in [0.4, 0.5) is 0 Å². The number of benzene rings is 2. The van der Waals surface area contributed by atoms with Crippen LogP contribution in [0.5, 0.6) is 0 Å². The van der Waals surface area contributed by atoms with E-state index >= 15 is 0 Å². The third-order valence-corrected chi connectivity index (χ3v) is 8.40. The van der Waals surface area contributed by atoms with Crippen LogP contribution < -0.4 is 27.0 Å². The molecule has 5 atom stereocenters. The number of carboxylic acid groups (broad SMARTS) is 1. The van der Waals surface area contributed by atoms with Gasteiger partial charge in [0.05, 0.1) is 12.8 Å². The zero-order chi connectivity index (χ0) is 33.1. The Kier molecular flexibility index (Phi) is 12.1. The van der Waals surface area contributed by atoms with Crippen molar-refractivity contribution in [2.75, 3.05) is 6.54 Å². The Bertz CT molecular complexity index is 1390. The molecule has 0 aromatic heterocycles. The van der Waals surface area contributed by atoms with Crippen molar-refractivity contribution in [1.29, 1.82) is 5.41 Å². The van der Waals surface area contributed by atoms with E-state index in [1.807, 2.05) is 60.7 Å². The molecule has 2 aliphatic rings. The van der Waals surface area contributed by atoms with Gasteiger partial charge < -0.3 is 37.0 Å². The van der Waals surface area contributed by atoms with E-state index in [1.54, 1.807) is 4.90 Å². The van der Waals surface area contributed by atoms with E-state index in [1.165, 1.54) is 0 Å². The molecule has 2 aromatic carbocycles. The monoisotopic (exact) mass is 633 g/mol. The average molecular weight is 634 g/mol. The molecule has 0 aliphatic carbocycles. The lowest BCUT2D eigenvalue weighted by atomic mass is 9.97. The predicted molar refractivity (Wildman–Crippen MR) is 170 cm³/mol. The van der Waals surface area contributed by atoms with E-state index in [9.17, 15) is 29.1 Å². The number of aliphatic carboxylic acids is 1. The number of rotatable bonds is 15. The van der Waals surface area contributed by atoms with E-state index in [0.29, 0.717) is 32.1 Å². The van der Waals surface area contributed by atoms with Crippen molar-refractivity contribution in [3.63, 3.8) is 0 Å². The molecule has 46 heavy (non-hydrogen) atoms. The Morgan fingerprint density at radius 1 is 0.935 bits per heavy atom. The highest BCUT2D eigenvalue weighted by molar-refractivity contribution is 5.95. The number of amides is 4. The number of nitrogens with zero attached hydrogens (tertiary/aromatic N) is 1. The summed E-state index contributed by atoms with van der Waals surface area (Å²) >= 11 is 0. The van der Waals surface area contributed by atoms with Crippen molar-refractivity contribution in [3.05, 3.63) is 71.8 Å². The SMILES string of the molecule is N=C(N)NCCC[C@H](NC(=O)C1CC[C@@H]2CCC(NC(=O)Cc3ccccc3)C(=O)N12)C(=O)N[C@H](CC(=O)O)Cc1ccccc1. The summed E-state index contributed by atoms with van der Waals surface area (Å²) in [6, 6.07) is 15.0. The van der Waals surface area contributed by atoms with E-state index in [-0.39, 0.29) is 56.0 Å². The Morgan fingerprint density at radius 2 is 1.59 bits per heavy atom. The molecule has 13 heteroatoms. The van der Waals surface area contributed by atoms with Crippen molar-refractivity contribution >= 4 is 35.6 Å². The molecular formula is C33H43N7O6. The van der Waals surface area contributed by atoms with Gasteiger partial charge >= 0.3 is 5.97 Å². The molecule has 13 nitrogen and oxygen atoms in total. The van der Waals surface area contributed by atoms with Crippen LogP contribution in [0.2, 0.25) is 0 Å². The molecule has 2 unspecified atom stereocenters. The van der Waals surface area contributed by atoms with E-state index in [0.717, 1.165) is 11.1 Å². The largest absolute Gasteiger partial charge is 0.481 e. The first-order valence-electron chi connectivity index (χ1n) is 15.7. The van der Waals surface area contributed by atoms with Crippen molar-refractivity contribution in [1.82, 2.24) is 26.2 Å². The summed E-state index contributed by atoms with van der Waals surface area (Å²) in [5.74, 6) is -2.90. The number of guanidine groups is 1. The van der Waals surface area contributed by atoms with Crippen LogP contribution in [-0.4, -0.2) is 82.3 Å². The third-order valence-electron chi connectivity index (χ3n) is 8.40. The summed E-state index contributed by atoms with van der Waals surface area (Å²) in [5.41, 5.74) is 7.06. The standard InChI is InChI=1S/C33H43N7O6/c34-33(35)36-17-7-12-25(30(44)37-23(20-29(42)43)18-21-8-3-1-4-9-21)39-31(45)27-16-14-24-13-15-26(32(46)40(24)27)38-28(41)19-22-10-5-2-6-11-22/h1-6,8-11,23-27H,7,12-20H2,(H,37,44)(H,38,41)(H,39,45)(H,42,43)(H4,34,35,36)/t23-,24-,25-,26?,27?/m0/s1. The van der Waals surface area contributed by atoms with Gasteiger partial charge in [-0.25, -0.2) is 0 Å². The highest BCUT2D eigenvalue weighted by atomic mass is 16.4. The molecule has 0 spiro atoms. The fraction of sp³-hybridized carbons (Fsp3) is 0.455. The van der Waals surface area contributed by atoms with Gasteiger partial charge in [0.2, 0.25) is 23.6 Å². The molecule has 2 saturated heterocycles. The fourth-order valence-electron chi connectivity index (χ4n) is 6.23. The van der Waals surface area contributed by atoms with Crippen LogP contribution in [0.3, 0.4) is 0 Å². The second kappa shape index (κ2) is 16.4. The zero-order valence-electron chi connectivity index (χ0n) is 25.7. The van der Waals surface area contributed by atoms with Crippen molar-refractivity contribution in [2.45, 2.75) is 88.0 Å². The van der Waals surface area contributed by atoms with Gasteiger partial charge in [-0.2, -0.15) is 0 Å². The minimum absolute atomic E-state index is 0.136. The van der Waals surface area contributed by atoms with Gasteiger partial charge in [0, 0.05) is 18.6 Å². The molecule has 246 valence electrons. The second-order valence-corrected chi connectivity index (χ2v) is 11.9. The fourth-order valence-corrected chi connectivity index (χ4v) is 6.23. The predicted octanol–water partition coefficient (Wildman–Crippen LogP) is 0.818. The maximum atomic E-state index is 13.7. The molecule has 4 rings (SSSR count). The summed E-state index contributed by atoms with van der Waals surface area (Å²) in [6.45, 7) is 0.290. The number of carboxylic acids is 1. The molecule has 2 aliphatic heterocycles. The molecule has 4 amide bonds. The van der Waals surface area contributed by atoms with Gasteiger partial charge in [-0.15, -0.1) is 0 Å². The molecule has 8 N–H and O–H groups in total. The van der Waals surface area contributed by atoms with Crippen LogP contribution in [0.15, 0.2) is 60.7 Å². The van der Waals surface area contributed by atoms with Gasteiger partial charge in [0.1, 0.15) is 18.1 Å². The van der Waals surface area contributed by atoms with Crippen molar-refractivity contribution < 1.29 is 29.1 Å². The van der Waals surface area contributed by atoms with E-state index in [4.69, 9.17) is 11.1 Å². The molecule has 2 aromatic rings. The topological polar surface area (TPSA) is 207 Å². The first-order valence-corrected chi connectivity index (χ1v) is 15.7. The lowest BCUT2D eigenvalue weighted by Crippen LogP contribution is -2.60. The molecule has 0 radical (unpaired) electrons. The lowest BCUT2D eigenvalue weighted by Gasteiger charge is -2.38. The van der Waals surface area contributed by atoms with Crippen molar-refractivity contribution in [2.24, 2.45) is 5.73 Å². The number of hydrogen-bond acceptors (Lipinski definition) is 6. The first kappa shape index (κ1) is 33.9. The quantitative estimate of drug-likeness (QED) is 0.0847. The van der Waals surface area contributed by atoms with Crippen LogP contribution in [0.1, 0.15) is 56.1 Å². The maximum absolute atomic E-state index is 13.7. The average Bonchev–Trinajstić information content (AvgIpc) is 3.46. The summed E-state index contributed by atoms with van der Waals surface area (Å²) < 4.78 is 0.